The van der Waals surface area contributed by atoms with Crippen LogP contribution in [-0.4, -0.2) is 63.2 Å². The van der Waals surface area contributed by atoms with Gasteiger partial charge in [-0.05, 0) is 65.2 Å². The zero-order valence-electron chi connectivity index (χ0n) is 23.1. The van der Waals surface area contributed by atoms with Crippen molar-refractivity contribution >= 4 is 22.5 Å². The van der Waals surface area contributed by atoms with Gasteiger partial charge in [0.2, 0.25) is 17.3 Å². The van der Waals surface area contributed by atoms with E-state index in [0.29, 0.717) is 56.6 Å². The van der Waals surface area contributed by atoms with Crippen LogP contribution >= 0.6 is 0 Å². The molecule has 0 aliphatic heterocycles. The normalized spacial score (nSPS) is 11.1. The second kappa shape index (κ2) is 11.9. The van der Waals surface area contributed by atoms with Crippen LogP contribution in [0.5, 0.6) is 17.2 Å². The third-order valence-electron chi connectivity index (χ3n) is 7.08. The molecule has 5 aromatic rings. The predicted octanol–water partition coefficient (Wildman–Crippen LogP) is 3.52. The first-order chi connectivity index (χ1) is 20.3. The quantitative estimate of drug-likeness (QED) is 0.149. The van der Waals surface area contributed by atoms with Gasteiger partial charge in [0.25, 0.3) is 0 Å². The maximum absolute atomic E-state index is 13.4. The topological polar surface area (TPSA) is 167 Å². The van der Waals surface area contributed by atoms with Gasteiger partial charge in [0.15, 0.2) is 11.5 Å². The van der Waals surface area contributed by atoms with Crippen LogP contribution < -0.4 is 14.2 Å². The molecule has 2 aromatic heterocycles. The summed E-state index contributed by atoms with van der Waals surface area (Å²) < 4.78 is 16.1. The number of carbonyl (C=O) groups excluding carboxylic acids is 2. The van der Waals surface area contributed by atoms with Crippen LogP contribution in [0.2, 0.25) is 0 Å². The van der Waals surface area contributed by atoms with Gasteiger partial charge in [-0.2, -0.15) is 0 Å². The molecule has 0 spiro atoms. The van der Waals surface area contributed by atoms with E-state index in [0.717, 1.165) is 10.9 Å². The Morgan fingerprint density at radius 3 is 1.93 bits per heavy atom. The molecule has 2 heterocycles. The number of carbonyl (C=O) groups is 2. The van der Waals surface area contributed by atoms with E-state index < -0.39 is 0 Å². The van der Waals surface area contributed by atoms with Crippen molar-refractivity contribution in [3.8, 4) is 28.6 Å². The maximum Gasteiger partial charge on any atom is 0.210 e. The lowest BCUT2D eigenvalue weighted by atomic mass is 9.96. The number of H-pyrrole nitrogens is 2. The molecule has 3 aromatic carbocycles. The predicted molar refractivity (Wildman–Crippen MR) is 153 cm³/mol. The average molecular weight is 572 g/mol. The minimum Gasteiger partial charge on any atom is -0.493 e. The molecule has 11 nitrogen and oxygen atoms in total. The van der Waals surface area contributed by atoms with Crippen molar-refractivity contribution in [1.29, 1.82) is 0 Å². The molecule has 0 aliphatic rings. The Hall–Kier alpha value is -4.97. The van der Waals surface area contributed by atoms with Crippen molar-refractivity contribution < 1.29 is 39.1 Å². The number of ether oxygens (including phenoxy) is 3. The number of nitrogens with one attached hydrogen (secondary N) is 2. The number of aliphatic hydroxyl groups excluding tert-OH is 3. The van der Waals surface area contributed by atoms with E-state index >= 15 is 0 Å². The number of methoxy groups -OCH3 is 3. The van der Waals surface area contributed by atoms with E-state index in [9.17, 15) is 24.9 Å². The highest BCUT2D eigenvalue weighted by Gasteiger charge is 2.21. The van der Waals surface area contributed by atoms with E-state index in [1.807, 2.05) is 18.2 Å². The molecule has 216 valence electrons. The minimum atomic E-state index is -0.390. The molecular weight excluding hydrogens is 542 g/mol. The number of benzene rings is 3. The first-order valence-electron chi connectivity index (χ1n) is 12.9. The monoisotopic (exact) mass is 571 g/mol. The fourth-order valence-corrected chi connectivity index (χ4v) is 4.92. The number of aromatic amines is 2. The Morgan fingerprint density at radius 2 is 1.36 bits per heavy atom. The van der Waals surface area contributed by atoms with Crippen molar-refractivity contribution in [3.05, 3.63) is 93.9 Å². The van der Waals surface area contributed by atoms with Crippen LogP contribution in [0.3, 0.4) is 0 Å². The summed E-state index contributed by atoms with van der Waals surface area (Å²) >= 11 is 0. The van der Waals surface area contributed by atoms with Gasteiger partial charge in [-0.15, -0.1) is 0 Å². The molecular formula is C31H29N3O8. The van der Waals surface area contributed by atoms with Crippen LogP contribution in [0.4, 0.5) is 0 Å². The molecule has 0 amide bonds. The van der Waals surface area contributed by atoms with E-state index in [2.05, 4.69) is 15.0 Å². The standard InChI is InChI=1S/C31H29N3O8/c1-40-26-10-19(11-27(41-2)30(26)42-3)28(38)24-9-17-6-16(4-5-23(17)33-24)31-32-12-25(34-31)29(39)18-7-20(13-35)22(15-37)21(8-18)14-36/h4-12,33,35-37H,13-15H2,1-3H3,(H,32,34). The van der Waals surface area contributed by atoms with Gasteiger partial charge in [0.05, 0.1) is 53.0 Å². The number of imidazole rings is 1. The second-order valence-electron chi connectivity index (χ2n) is 9.45. The number of nitrogens with zero attached hydrogens (tertiary/aromatic N) is 1. The number of rotatable bonds is 11. The molecule has 0 radical (unpaired) electrons. The zero-order valence-corrected chi connectivity index (χ0v) is 23.1. The number of hydrogen-bond acceptors (Lipinski definition) is 9. The number of fused-ring (bicyclic) bond motifs is 1. The van der Waals surface area contributed by atoms with Gasteiger partial charge in [0.1, 0.15) is 11.5 Å². The van der Waals surface area contributed by atoms with E-state index in [-0.39, 0.29) is 42.6 Å². The Balaban J connectivity index is 1.44. The van der Waals surface area contributed by atoms with Gasteiger partial charge >= 0.3 is 0 Å². The molecule has 0 fully saturated rings. The molecule has 0 aliphatic carbocycles. The number of hydrogen-bond donors (Lipinski definition) is 5. The number of ketones is 2. The number of aliphatic hydroxyl groups is 3. The highest BCUT2D eigenvalue weighted by atomic mass is 16.5. The summed E-state index contributed by atoms with van der Waals surface area (Å²) in [5, 5.41) is 29.7. The molecule has 11 heteroatoms. The summed E-state index contributed by atoms with van der Waals surface area (Å²) in [6, 6.07) is 13.4. The Kier molecular flexibility index (Phi) is 8.07. The van der Waals surface area contributed by atoms with Crippen molar-refractivity contribution in [2.24, 2.45) is 0 Å². The number of aromatic nitrogens is 3. The van der Waals surface area contributed by atoms with Crippen molar-refractivity contribution in [2.75, 3.05) is 21.3 Å². The van der Waals surface area contributed by atoms with Crippen LogP contribution in [0.25, 0.3) is 22.3 Å². The fraction of sp³-hybridized carbons (Fsp3) is 0.194. The average Bonchev–Trinajstić information content (AvgIpc) is 3.70. The molecule has 42 heavy (non-hydrogen) atoms. The highest BCUT2D eigenvalue weighted by Crippen LogP contribution is 2.39. The van der Waals surface area contributed by atoms with Gasteiger partial charge in [0, 0.05) is 27.6 Å². The summed E-state index contributed by atoms with van der Waals surface area (Å²) in [7, 11) is 4.45. The minimum absolute atomic E-state index is 0.210. The van der Waals surface area contributed by atoms with E-state index in [1.165, 1.54) is 39.7 Å². The SMILES string of the molecule is COc1cc(C(=O)c2cc3cc(-c4ncc(C(=O)c5cc(CO)c(CO)c(CO)c5)[nH]4)ccc3[nH]2)cc(OC)c1OC. The van der Waals surface area contributed by atoms with Crippen molar-refractivity contribution in [2.45, 2.75) is 19.8 Å². The second-order valence-corrected chi connectivity index (χ2v) is 9.45. The highest BCUT2D eigenvalue weighted by molar-refractivity contribution is 6.11. The van der Waals surface area contributed by atoms with Crippen LogP contribution in [0.1, 0.15) is 48.8 Å². The summed E-state index contributed by atoms with van der Waals surface area (Å²) in [6.45, 7) is -1.15. The molecule has 0 saturated heterocycles. The van der Waals surface area contributed by atoms with Gasteiger partial charge in [-0.1, -0.05) is 0 Å². The Labute approximate surface area is 240 Å². The van der Waals surface area contributed by atoms with Gasteiger partial charge < -0.3 is 39.5 Å². The summed E-state index contributed by atoms with van der Waals surface area (Å²) in [6.07, 6.45) is 1.41. The third kappa shape index (κ3) is 5.12. The fourth-order valence-electron chi connectivity index (χ4n) is 4.92. The lowest BCUT2D eigenvalue weighted by molar-refractivity contribution is 0.102. The first kappa shape index (κ1) is 28.6. The molecule has 0 saturated carbocycles. The lowest BCUT2D eigenvalue weighted by Gasteiger charge is -2.13. The molecule has 0 unspecified atom stereocenters. The van der Waals surface area contributed by atoms with Crippen LogP contribution in [-0.2, 0) is 19.8 Å². The Morgan fingerprint density at radius 1 is 0.738 bits per heavy atom. The summed E-state index contributed by atoms with van der Waals surface area (Å²) in [5.74, 6) is 0.908. The molecule has 0 atom stereocenters. The van der Waals surface area contributed by atoms with Crippen molar-refractivity contribution in [1.82, 2.24) is 15.0 Å². The first-order valence-corrected chi connectivity index (χ1v) is 12.9. The van der Waals surface area contributed by atoms with Crippen LogP contribution in [0.15, 0.2) is 54.7 Å². The Bertz CT molecular complexity index is 1750. The lowest BCUT2D eigenvalue weighted by Crippen LogP contribution is -2.08. The molecule has 5 N–H and O–H groups in total. The smallest absolute Gasteiger partial charge is 0.210 e. The van der Waals surface area contributed by atoms with Crippen LogP contribution in [0, 0.1) is 0 Å². The van der Waals surface area contributed by atoms with Crippen molar-refractivity contribution in [3.63, 3.8) is 0 Å². The summed E-state index contributed by atoms with van der Waals surface area (Å²) in [5.41, 5.74) is 3.70. The van der Waals surface area contributed by atoms with E-state index in [1.54, 1.807) is 18.2 Å². The molecule has 5 rings (SSSR count). The van der Waals surface area contributed by atoms with E-state index in [4.69, 9.17) is 14.2 Å². The maximum atomic E-state index is 13.4. The largest absolute Gasteiger partial charge is 0.493 e. The zero-order chi connectivity index (χ0) is 30.0. The molecule has 0 bridgehead atoms. The van der Waals surface area contributed by atoms with Gasteiger partial charge in [-0.3, -0.25) is 9.59 Å². The third-order valence-corrected chi connectivity index (χ3v) is 7.08. The summed E-state index contributed by atoms with van der Waals surface area (Å²) in [4.78, 5) is 37.1. The van der Waals surface area contributed by atoms with Gasteiger partial charge in [-0.25, -0.2) is 4.98 Å².